The molecule has 10 nitrogen and oxygen atoms in total. The minimum absolute atomic E-state index is 0.151. The Balaban J connectivity index is 1.64. The second kappa shape index (κ2) is 12.8. The van der Waals surface area contributed by atoms with Crippen LogP contribution in [0.25, 0.3) is 0 Å². The number of nitrogens with two attached hydrogens (primary N) is 1. The molecule has 1 amide bonds. The van der Waals surface area contributed by atoms with Crippen LogP contribution in [0.5, 0.6) is 0 Å². The van der Waals surface area contributed by atoms with Crippen LogP contribution >= 0.6 is 23.4 Å². The molecule has 6 N–H and O–H groups in total. The summed E-state index contributed by atoms with van der Waals surface area (Å²) in [5.74, 6) is 1.46. The monoisotopic (exact) mass is 519 g/mol. The van der Waals surface area contributed by atoms with Gasteiger partial charge in [0.15, 0.2) is 0 Å². The van der Waals surface area contributed by atoms with Gasteiger partial charge >= 0.3 is 0 Å². The molecule has 1 aromatic carbocycles. The number of halogens is 1. The zero-order valence-corrected chi connectivity index (χ0v) is 21.1. The van der Waals surface area contributed by atoms with E-state index in [0.717, 1.165) is 43.8 Å². The number of para-hydroxylation sites is 1. The maximum Gasteiger partial charge on any atom is 0.264 e. The molecule has 0 spiro atoms. The highest BCUT2D eigenvalue weighted by Gasteiger charge is 2.20. The van der Waals surface area contributed by atoms with Crippen molar-refractivity contribution in [2.75, 3.05) is 54.9 Å². The number of benzene rings is 1. The number of hydrogen-bond donors (Lipinski definition) is 5. The van der Waals surface area contributed by atoms with Gasteiger partial charge in [-0.25, -0.2) is 9.97 Å². The van der Waals surface area contributed by atoms with E-state index in [1.165, 1.54) is 6.20 Å². The lowest BCUT2D eigenvalue weighted by molar-refractivity contribution is -0.112. The molecule has 1 aromatic heterocycles. The highest BCUT2D eigenvalue weighted by atomic mass is 35.5. The Kier molecular flexibility index (Phi) is 9.75. The molecule has 0 saturated carbocycles. The number of β-amino-alcohol motifs (C(OH)–C–C–N with tert-alkyl or cyclic N) is 1. The number of nitrogens with zero attached hydrogens (tertiary/aromatic N) is 4. The van der Waals surface area contributed by atoms with E-state index in [9.17, 15) is 9.90 Å². The maximum atomic E-state index is 12.8. The van der Waals surface area contributed by atoms with Crippen molar-refractivity contribution < 1.29 is 15.0 Å². The van der Waals surface area contributed by atoms with Gasteiger partial charge in [0.25, 0.3) is 5.91 Å². The fraction of sp³-hybridized carbons (Fsp3) is 0.348. The summed E-state index contributed by atoms with van der Waals surface area (Å²) in [4.78, 5) is 26.4. The van der Waals surface area contributed by atoms with E-state index in [1.807, 2.05) is 13.0 Å². The molecular formula is C23H30ClN7O3S. The largest absolute Gasteiger partial charge is 0.404 e. The molecule has 1 aliphatic rings. The lowest BCUT2D eigenvalue weighted by atomic mass is 10.2. The number of carbonyl (C=O) groups is 1. The van der Waals surface area contributed by atoms with Gasteiger partial charge in [0.1, 0.15) is 17.5 Å². The highest BCUT2D eigenvalue weighted by molar-refractivity contribution is 8.07. The Labute approximate surface area is 213 Å². The van der Waals surface area contributed by atoms with Crippen LogP contribution in [0.15, 0.2) is 47.0 Å². The number of nitrogens with one attached hydrogen (secondary N) is 2. The van der Waals surface area contributed by atoms with Gasteiger partial charge in [-0.3, -0.25) is 9.69 Å². The number of rotatable bonds is 10. The summed E-state index contributed by atoms with van der Waals surface area (Å²) >= 11 is 7.23. The third kappa shape index (κ3) is 7.33. The lowest BCUT2D eigenvalue weighted by Crippen LogP contribution is -2.47. The van der Waals surface area contributed by atoms with E-state index >= 15 is 0 Å². The topological polar surface area (TPSA) is 140 Å². The van der Waals surface area contributed by atoms with Crippen LogP contribution in [0, 0.1) is 6.92 Å². The van der Waals surface area contributed by atoms with Crippen LogP contribution in [0.3, 0.4) is 0 Å². The van der Waals surface area contributed by atoms with Crippen LogP contribution in [0.1, 0.15) is 11.4 Å². The van der Waals surface area contributed by atoms with Gasteiger partial charge in [-0.15, -0.1) is 0 Å². The van der Waals surface area contributed by atoms with Crippen LogP contribution in [-0.2, 0) is 11.4 Å². The first-order valence-electron chi connectivity index (χ1n) is 11.0. The first-order chi connectivity index (χ1) is 16.8. The van der Waals surface area contributed by atoms with Crippen molar-refractivity contribution in [2.45, 2.75) is 13.5 Å². The number of amides is 1. The summed E-state index contributed by atoms with van der Waals surface area (Å²) in [6, 6.07) is 6.82. The molecule has 0 unspecified atom stereocenters. The number of carbonyl (C=O) groups excluding carboxylic acids is 1. The summed E-state index contributed by atoms with van der Waals surface area (Å²) < 4.78 is 0. The molecule has 2 heterocycles. The number of aromatic nitrogens is 2. The molecule has 1 aliphatic heterocycles. The molecule has 1 saturated heterocycles. The van der Waals surface area contributed by atoms with Crippen molar-refractivity contribution in [1.82, 2.24) is 14.9 Å². The van der Waals surface area contributed by atoms with Crippen molar-refractivity contribution >= 4 is 46.6 Å². The zero-order chi connectivity index (χ0) is 25.4. The molecule has 12 heteroatoms. The summed E-state index contributed by atoms with van der Waals surface area (Å²) in [6.07, 6.45) is 1.19. The van der Waals surface area contributed by atoms with Crippen molar-refractivity contribution in [3.05, 3.63) is 63.4 Å². The van der Waals surface area contributed by atoms with Gasteiger partial charge in [0.2, 0.25) is 0 Å². The molecule has 1 fully saturated rings. The summed E-state index contributed by atoms with van der Waals surface area (Å²) in [5, 5.41) is 25.2. The maximum absolute atomic E-state index is 12.8. The number of aliphatic hydroxyl groups excluding tert-OH is 2. The Hall–Kier alpha value is -2.83. The molecule has 188 valence electrons. The first-order valence-corrected chi connectivity index (χ1v) is 12.2. The van der Waals surface area contributed by atoms with Crippen molar-refractivity contribution in [3.63, 3.8) is 0 Å². The SMILES string of the molecule is C=C(Nc1cc(N2CCN(CCO)CC2)nc(C)n1)S/C(=C\N)C(=O)Nc1c(Cl)cccc1CO. The number of aliphatic hydroxyl groups is 2. The minimum atomic E-state index is -0.483. The van der Waals surface area contributed by atoms with Gasteiger partial charge in [0.05, 0.1) is 33.9 Å². The lowest BCUT2D eigenvalue weighted by Gasteiger charge is -2.35. The van der Waals surface area contributed by atoms with Gasteiger partial charge in [0, 0.05) is 50.6 Å². The summed E-state index contributed by atoms with van der Waals surface area (Å²) in [6.45, 7) is 9.63. The standard InChI is InChI=1S/C23H30ClN7O3S/c1-15-26-20(12-21(27-15)31-8-6-30(7-9-31)10-11-32)28-16(2)35-19(13-25)23(34)29-22-17(14-33)4-3-5-18(22)24/h3-5,12-13,32-33H,2,6-11,14,25H2,1H3,(H,29,34)(H,26,27,28)/b19-13-. The van der Waals surface area contributed by atoms with E-state index < -0.39 is 5.91 Å². The zero-order valence-electron chi connectivity index (χ0n) is 19.5. The molecule has 0 atom stereocenters. The second-order valence-electron chi connectivity index (χ2n) is 7.78. The Bertz CT molecular complexity index is 1090. The third-order valence-corrected chi connectivity index (χ3v) is 6.53. The van der Waals surface area contributed by atoms with Crippen LogP contribution in [0.4, 0.5) is 17.3 Å². The van der Waals surface area contributed by atoms with Crippen LogP contribution in [-0.4, -0.2) is 70.3 Å². The molecule has 35 heavy (non-hydrogen) atoms. The number of hydrogen-bond acceptors (Lipinski definition) is 10. The highest BCUT2D eigenvalue weighted by Crippen LogP contribution is 2.30. The fourth-order valence-corrected chi connectivity index (χ4v) is 4.47. The number of anilines is 3. The molecule has 0 aliphatic carbocycles. The molecule has 0 radical (unpaired) electrons. The quantitative estimate of drug-likeness (QED) is 0.296. The van der Waals surface area contributed by atoms with E-state index in [1.54, 1.807) is 18.2 Å². The summed E-state index contributed by atoms with van der Waals surface area (Å²) in [5.41, 5.74) is 6.53. The minimum Gasteiger partial charge on any atom is -0.404 e. The van der Waals surface area contributed by atoms with E-state index in [-0.39, 0.29) is 18.1 Å². The Morgan fingerprint density at radius 2 is 2.00 bits per heavy atom. The van der Waals surface area contributed by atoms with Gasteiger partial charge in [-0.05, 0) is 13.0 Å². The van der Waals surface area contributed by atoms with Crippen molar-refractivity contribution in [1.29, 1.82) is 0 Å². The second-order valence-corrected chi connectivity index (χ2v) is 9.32. The van der Waals surface area contributed by atoms with Crippen molar-refractivity contribution in [2.24, 2.45) is 5.73 Å². The average Bonchev–Trinajstić information content (AvgIpc) is 2.84. The Morgan fingerprint density at radius 1 is 1.26 bits per heavy atom. The van der Waals surface area contributed by atoms with Gasteiger partial charge in [-0.2, -0.15) is 0 Å². The molecule has 3 rings (SSSR count). The first kappa shape index (κ1) is 26.8. The predicted molar refractivity (Wildman–Crippen MR) is 141 cm³/mol. The van der Waals surface area contributed by atoms with E-state index in [2.05, 4.69) is 37.0 Å². The van der Waals surface area contributed by atoms with Gasteiger partial charge < -0.3 is 31.5 Å². The number of thioether (sulfide) groups is 1. The van der Waals surface area contributed by atoms with Crippen molar-refractivity contribution in [3.8, 4) is 0 Å². The average molecular weight is 520 g/mol. The van der Waals surface area contributed by atoms with E-state index in [0.29, 0.717) is 39.5 Å². The van der Waals surface area contributed by atoms with Gasteiger partial charge in [-0.1, -0.05) is 42.1 Å². The normalized spacial score (nSPS) is 14.6. The summed E-state index contributed by atoms with van der Waals surface area (Å²) in [7, 11) is 0. The van der Waals surface area contributed by atoms with E-state index in [4.69, 9.17) is 22.4 Å². The fourth-order valence-electron chi connectivity index (χ4n) is 3.59. The molecule has 0 bridgehead atoms. The number of aryl methyl sites for hydroxylation is 1. The molecular weight excluding hydrogens is 490 g/mol. The number of piperazine rings is 1. The van der Waals surface area contributed by atoms with Crippen LogP contribution < -0.4 is 21.3 Å². The molecule has 2 aromatic rings. The predicted octanol–water partition coefficient (Wildman–Crippen LogP) is 2.10. The smallest absolute Gasteiger partial charge is 0.264 e. The Morgan fingerprint density at radius 3 is 2.66 bits per heavy atom. The van der Waals surface area contributed by atoms with Crippen LogP contribution in [0.2, 0.25) is 5.02 Å². The third-order valence-electron chi connectivity index (χ3n) is 5.32.